The molecule has 1 aromatic rings. The lowest BCUT2D eigenvalue weighted by atomic mass is 10.3. The monoisotopic (exact) mass is 315 g/mol. The van der Waals surface area contributed by atoms with Gasteiger partial charge in [0.2, 0.25) is 5.91 Å². The number of nitrogens with zero attached hydrogens (tertiary/aromatic N) is 1. The summed E-state index contributed by atoms with van der Waals surface area (Å²) in [5.74, 6) is 0.0385. The minimum absolute atomic E-state index is 0.179. The summed E-state index contributed by atoms with van der Waals surface area (Å²) >= 11 is 3.17. The van der Waals surface area contributed by atoms with Crippen LogP contribution >= 0.6 is 15.9 Å². The van der Waals surface area contributed by atoms with Gasteiger partial charge in [-0.1, -0.05) is 0 Å². The molecule has 5 nitrogen and oxygen atoms in total. The summed E-state index contributed by atoms with van der Waals surface area (Å²) < 4.78 is 10.3. The molecule has 0 saturated carbocycles. The zero-order valence-corrected chi connectivity index (χ0v) is 11.8. The summed E-state index contributed by atoms with van der Waals surface area (Å²) in [5, 5.41) is 0. The van der Waals surface area contributed by atoms with E-state index in [4.69, 9.17) is 4.42 Å². The van der Waals surface area contributed by atoms with Gasteiger partial charge in [-0.25, -0.2) is 0 Å². The third-order valence-corrected chi connectivity index (χ3v) is 2.67. The Labute approximate surface area is 114 Å². The fraction of sp³-hybridized carbons (Fsp3) is 0.333. The SMILES string of the molecule is COC(=O)CCN(C)C(=O)/C=C/c1ccc(Br)o1. The molecule has 0 atom stereocenters. The third-order valence-electron chi connectivity index (χ3n) is 2.24. The Bertz CT molecular complexity index is 453. The summed E-state index contributed by atoms with van der Waals surface area (Å²) in [5.41, 5.74) is 0. The second-order valence-electron chi connectivity index (χ2n) is 3.56. The Hall–Kier alpha value is -1.56. The van der Waals surface area contributed by atoms with Gasteiger partial charge in [0.25, 0.3) is 0 Å². The number of likely N-dealkylation sites (N-methyl/N-ethyl adjacent to an activating group) is 1. The van der Waals surface area contributed by atoms with Crippen molar-refractivity contribution in [3.8, 4) is 0 Å². The highest BCUT2D eigenvalue weighted by Crippen LogP contribution is 2.15. The second kappa shape index (κ2) is 7.00. The molecule has 0 N–H and O–H groups in total. The summed E-state index contributed by atoms with van der Waals surface area (Å²) in [6, 6.07) is 3.48. The van der Waals surface area contributed by atoms with E-state index in [1.807, 2.05) is 0 Å². The molecule has 0 fully saturated rings. The Kier molecular flexibility index (Phi) is 5.64. The number of ether oxygens (including phenoxy) is 1. The van der Waals surface area contributed by atoms with Crippen LogP contribution in [0.15, 0.2) is 27.3 Å². The van der Waals surface area contributed by atoms with Gasteiger partial charge in [0.15, 0.2) is 4.67 Å². The van der Waals surface area contributed by atoms with Crippen LogP contribution in [0.4, 0.5) is 0 Å². The van der Waals surface area contributed by atoms with E-state index in [1.54, 1.807) is 25.3 Å². The molecule has 0 bridgehead atoms. The van der Waals surface area contributed by atoms with Gasteiger partial charge in [0, 0.05) is 19.7 Å². The average molecular weight is 316 g/mol. The zero-order chi connectivity index (χ0) is 13.5. The number of carbonyl (C=O) groups is 2. The predicted octanol–water partition coefficient (Wildman–Crippen LogP) is 2.08. The van der Waals surface area contributed by atoms with Crippen molar-refractivity contribution in [2.75, 3.05) is 20.7 Å². The number of carbonyl (C=O) groups excluding carboxylic acids is 2. The number of furan rings is 1. The van der Waals surface area contributed by atoms with Gasteiger partial charge < -0.3 is 14.1 Å². The first-order valence-corrected chi connectivity index (χ1v) is 6.07. The lowest BCUT2D eigenvalue weighted by molar-refractivity contribution is -0.141. The molecule has 0 unspecified atom stereocenters. The van der Waals surface area contributed by atoms with Crippen molar-refractivity contribution >= 4 is 33.9 Å². The van der Waals surface area contributed by atoms with E-state index >= 15 is 0 Å². The molecule has 18 heavy (non-hydrogen) atoms. The predicted molar refractivity (Wildman–Crippen MR) is 69.7 cm³/mol. The summed E-state index contributed by atoms with van der Waals surface area (Å²) in [6.45, 7) is 0.317. The van der Waals surface area contributed by atoms with E-state index in [9.17, 15) is 9.59 Å². The Morgan fingerprint density at radius 3 is 2.78 bits per heavy atom. The highest BCUT2D eigenvalue weighted by molar-refractivity contribution is 9.10. The first-order chi connectivity index (χ1) is 8.52. The van der Waals surface area contributed by atoms with Crippen molar-refractivity contribution in [3.05, 3.63) is 28.6 Å². The molecule has 0 aliphatic heterocycles. The molecular weight excluding hydrogens is 302 g/mol. The number of rotatable bonds is 5. The van der Waals surface area contributed by atoms with E-state index in [0.717, 1.165) is 0 Å². The average Bonchev–Trinajstić information content (AvgIpc) is 2.78. The molecule has 0 saturated heterocycles. The van der Waals surface area contributed by atoms with Gasteiger partial charge in [0.05, 0.1) is 13.5 Å². The van der Waals surface area contributed by atoms with Crippen LogP contribution < -0.4 is 0 Å². The fourth-order valence-electron chi connectivity index (χ4n) is 1.17. The smallest absolute Gasteiger partial charge is 0.307 e. The molecule has 0 aliphatic rings. The molecule has 6 heteroatoms. The molecule has 1 aromatic heterocycles. The standard InChI is InChI=1S/C12H14BrNO4/c1-14(8-7-12(16)17-2)11(15)6-4-9-3-5-10(13)18-9/h3-6H,7-8H2,1-2H3/b6-4+. The summed E-state index contributed by atoms with van der Waals surface area (Å²) in [7, 11) is 2.94. The Balaban J connectivity index is 2.44. The maximum absolute atomic E-state index is 11.7. The second-order valence-corrected chi connectivity index (χ2v) is 4.34. The zero-order valence-electron chi connectivity index (χ0n) is 10.2. The topological polar surface area (TPSA) is 59.8 Å². The quantitative estimate of drug-likeness (QED) is 0.616. The van der Waals surface area contributed by atoms with Crippen molar-refractivity contribution in [3.63, 3.8) is 0 Å². The normalized spacial score (nSPS) is 10.6. The van der Waals surface area contributed by atoms with Crippen molar-refractivity contribution in [2.24, 2.45) is 0 Å². The van der Waals surface area contributed by atoms with Gasteiger partial charge in [0.1, 0.15) is 5.76 Å². The molecular formula is C12H14BrNO4. The third kappa shape index (κ3) is 4.75. The van der Waals surface area contributed by atoms with Crippen LogP contribution in [0.5, 0.6) is 0 Å². The van der Waals surface area contributed by atoms with Crippen molar-refractivity contribution < 1.29 is 18.7 Å². The molecule has 0 aliphatic carbocycles. The van der Waals surface area contributed by atoms with E-state index < -0.39 is 0 Å². The van der Waals surface area contributed by atoms with Crippen molar-refractivity contribution in [1.29, 1.82) is 0 Å². The summed E-state index contributed by atoms with van der Waals surface area (Å²) in [6.07, 6.45) is 3.14. The Morgan fingerprint density at radius 2 is 2.22 bits per heavy atom. The van der Waals surface area contributed by atoms with E-state index in [1.165, 1.54) is 18.1 Å². The maximum atomic E-state index is 11.7. The number of halogens is 1. The first kappa shape index (κ1) is 14.5. The number of hydrogen-bond acceptors (Lipinski definition) is 4. The van der Waals surface area contributed by atoms with Crippen molar-refractivity contribution in [1.82, 2.24) is 4.90 Å². The largest absolute Gasteiger partial charge is 0.469 e. The van der Waals surface area contributed by atoms with Crippen molar-refractivity contribution in [2.45, 2.75) is 6.42 Å². The van der Waals surface area contributed by atoms with Gasteiger partial charge in [-0.3, -0.25) is 9.59 Å². The van der Waals surface area contributed by atoms with Gasteiger partial charge in [-0.2, -0.15) is 0 Å². The van der Waals surface area contributed by atoms with Crippen LogP contribution in [0.2, 0.25) is 0 Å². The lowest BCUT2D eigenvalue weighted by Crippen LogP contribution is -2.27. The number of amides is 1. The number of hydrogen-bond donors (Lipinski definition) is 0. The minimum atomic E-state index is -0.339. The van der Waals surface area contributed by atoms with E-state index in [2.05, 4.69) is 20.7 Å². The highest BCUT2D eigenvalue weighted by atomic mass is 79.9. The number of esters is 1. The molecule has 0 radical (unpaired) electrons. The Morgan fingerprint density at radius 1 is 1.50 bits per heavy atom. The molecule has 0 aromatic carbocycles. The van der Waals surface area contributed by atoms with Crippen LogP contribution in [0.25, 0.3) is 6.08 Å². The lowest BCUT2D eigenvalue weighted by Gasteiger charge is -2.13. The minimum Gasteiger partial charge on any atom is -0.469 e. The molecule has 98 valence electrons. The van der Waals surface area contributed by atoms with Gasteiger partial charge >= 0.3 is 5.97 Å². The molecule has 1 rings (SSSR count). The van der Waals surface area contributed by atoms with Gasteiger partial charge in [-0.15, -0.1) is 0 Å². The van der Waals surface area contributed by atoms with Gasteiger partial charge in [-0.05, 0) is 34.1 Å². The van der Waals surface area contributed by atoms with Crippen LogP contribution in [0.3, 0.4) is 0 Å². The summed E-state index contributed by atoms with van der Waals surface area (Å²) in [4.78, 5) is 24.0. The highest BCUT2D eigenvalue weighted by Gasteiger charge is 2.08. The molecule has 1 amide bonds. The van der Waals surface area contributed by atoms with Crippen LogP contribution in [-0.2, 0) is 14.3 Å². The first-order valence-electron chi connectivity index (χ1n) is 5.28. The molecule has 1 heterocycles. The van der Waals surface area contributed by atoms with Crippen LogP contribution in [-0.4, -0.2) is 37.5 Å². The van der Waals surface area contributed by atoms with E-state index in [-0.39, 0.29) is 18.3 Å². The maximum Gasteiger partial charge on any atom is 0.307 e. The van der Waals surface area contributed by atoms with Crippen LogP contribution in [0, 0.1) is 0 Å². The number of methoxy groups -OCH3 is 1. The molecule has 0 spiro atoms. The van der Waals surface area contributed by atoms with E-state index in [0.29, 0.717) is 17.0 Å². The van der Waals surface area contributed by atoms with Crippen LogP contribution in [0.1, 0.15) is 12.2 Å². The fourth-order valence-corrected chi connectivity index (χ4v) is 1.49.